The number of carboxylic acid groups (broad SMARTS) is 1. The number of thiophene rings is 1. The second-order valence-electron chi connectivity index (χ2n) is 4.15. The zero-order valence-electron chi connectivity index (χ0n) is 10.1. The van der Waals surface area contributed by atoms with Crippen molar-refractivity contribution in [2.24, 2.45) is 0 Å². The van der Waals surface area contributed by atoms with E-state index in [9.17, 15) is 9.59 Å². The van der Waals surface area contributed by atoms with Crippen molar-refractivity contribution in [1.29, 1.82) is 0 Å². The van der Waals surface area contributed by atoms with Gasteiger partial charge in [-0.15, -0.1) is 11.3 Å². The van der Waals surface area contributed by atoms with Gasteiger partial charge in [0.2, 0.25) is 0 Å². The van der Waals surface area contributed by atoms with E-state index in [1.165, 1.54) is 6.07 Å². The number of carbonyl (C=O) groups is 2. The van der Waals surface area contributed by atoms with Gasteiger partial charge in [0.25, 0.3) is 5.91 Å². The van der Waals surface area contributed by atoms with Gasteiger partial charge < -0.3 is 14.7 Å². The van der Waals surface area contributed by atoms with Gasteiger partial charge in [-0.1, -0.05) is 0 Å². The van der Waals surface area contributed by atoms with Crippen LogP contribution in [0.2, 0.25) is 0 Å². The van der Waals surface area contributed by atoms with Gasteiger partial charge in [0, 0.05) is 24.0 Å². The lowest BCUT2D eigenvalue weighted by Crippen LogP contribution is -2.36. The minimum Gasteiger partial charge on any atom is -0.483 e. The molecule has 0 saturated heterocycles. The number of ether oxygens (including phenoxy) is 1. The van der Waals surface area contributed by atoms with E-state index in [-0.39, 0.29) is 17.4 Å². The summed E-state index contributed by atoms with van der Waals surface area (Å²) < 4.78 is 5.32. The van der Waals surface area contributed by atoms with E-state index in [0.29, 0.717) is 18.3 Å². The summed E-state index contributed by atoms with van der Waals surface area (Å²) >= 11 is 1.09. The van der Waals surface area contributed by atoms with Crippen molar-refractivity contribution in [2.75, 3.05) is 13.2 Å². The molecule has 1 saturated carbocycles. The molecule has 1 aromatic rings. The number of likely N-dealkylation sites (N-methyl/N-ethyl adjacent to an activating group) is 1. The van der Waals surface area contributed by atoms with Gasteiger partial charge >= 0.3 is 5.97 Å². The number of nitrogens with zero attached hydrogens (tertiary/aromatic N) is 1. The fourth-order valence-electron chi connectivity index (χ4n) is 1.76. The molecule has 1 aliphatic carbocycles. The molecule has 0 unspecified atom stereocenters. The van der Waals surface area contributed by atoms with Gasteiger partial charge in [-0.3, -0.25) is 4.79 Å². The maximum atomic E-state index is 11.9. The van der Waals surface area contributed by atoms with Crippen LogP contribution in [0, 0.1) is 0 Å². The number of aromatic carboxylic acids is 1. The minimum absolute atomic E-state index is 0.0276. The molecule has 0 bridgehead atoms. The van der Waals surface area contributed by atoms with Gasteiger partial charge in [0.05, 0.1) is 0 Å². The standard InChI is InChI=1S/C12H15NO4S/c1-2-13(8-3-4-8)11(14)6-17-9-5-10(12(15)16)18-7-9/h5,7-8H,2-4,6H2,1H3,(H,15,16). The van der Waals surface area contributed by atoms with Gasteiger partial charge in [0.15, 0.2) is 6.61 Å². The minimum atomic E-state index is -0.977. The molecule has 1 aliphatic rings. The molecular formula is C12H15NO4S. The molecule has 98 valence electrons. The number of carbonyl (C=O) groups excluding carboxylic acids is 1. The van der Waals surface area contributed by atoms with Crippen LogP contribution in [0.4, 0.5) is 0 Å². The van der Waals surface area contributed by atoms with E-state index in [4.69, 9.17) is 9.84 Å². The van der Waals surface area contributed by atoms with E-state index in [2.05, 4.69) is 0 Å². The summed E-state index contributed by atoms with van der Waals surface area (Å²) in [5.74, 6) is -0.574. The Morgan fingerprint density at radius 2 is 2.28 bits per heavy atom. The fraction of sp³-hybridized carbons (Fsp3) is 0.500. The molecule has 5 nitrogen and oxygen atoms in total. The number of rotatable bonds is 6. The Morgan fingerprint density at radius 3 is 2.78 bits per heavy atom. The van der Waals surface area contributed by atoms with Crippen LogP contribution < -0.4 is 4.74 Å². The molecule has 0 aliphatic heterocycles. The molecule has 0 atom stereocenters. The first-order valence-electron chi connectivity index (χ1n) is 5.86. The third-order valence-electron chi connectivity index (χ3n) is 2.80. The molecule has 0 spiro atoms. The third kappa shape index (κ3) is 3.01. The zero-order valence-corrected chi connectivity index (χ0v) is 10.9. The van der Waals surface area contributed by atoms with Crippen molar-refractivity contribution in [3.63, 3.8) is 0 Å². The van der Waals surface area contributed by atoms with Crippen LogP contribution in [0.1, 0.15) is 29.4 Å². The molecule has 1 heterocycles. The molecule has 0 aromatic carbocycles. The van der Waals surface area contributed by atoms with Crippen molar-refractivity contribution < 1.29 is 19.4 Å². The maximum absolute atomic E-state index is 11.9. The fourth-order valence-corrected chi connectivity index (χ4v) is 2.42. The quantitative estimate of drug-likeness (QED) is 0.855. The largest absolute Gasteiger partial charge is 0.483 e. The Balaban J connectivity index is 1.86. The molecule has 0 radical (unpaired) electrons. The second kappa shape index (κ2) is 5.39. The number of hydrogen-bond acceptors (Lipinski definition) is 4. The topological polar surface area (TPSA) is 66.8 Å². The predicted octanol–water partition coefficient (Wildman–Crippen LogP) is 1.84. The van der Waals surface area contributed by atoms with Crippen molar-refractivity contribution >= 4 is 23.2 Å². The van der Waals surface area contributed by atoms with Crippen LogP contribution in [0.25, 0.3) is 0 Å². The molecule has 1 amide bonds. The van der Waals surface area contributed by atoms with Gasteiger partial charge in [0.1, 0.15) is 10.6 Å². The van der Waals surface area contributed by atoms with Crippen LogP contribution >= 0.6 is 11.3 Å². The third-order valence-corrected chi connectivity index (χ3v) is 3.69. The number of amides is 1. The van der Waals surface area contributed by atoms with E-state index in [0.717, 1.165) is 24.2 Å². The molecular weight excluding hydrogens is 254 g/mol. The average Bonchev–Trinajstić information content (AvgIpc) is 3.05. The van der Waals surface area contributed by atoms with Crippen LogP contribution in [0.15, 0.2) is 11.4 Å². The van der Waals surface area contributed by atoms with Gasteiger partial charge in [-0.05, 0) is 19.8 Å². The van der Waals surface area contributed by atoms with Crippen LogP contribution in [0.3, 0.4) is 0 Å². The molecule has 18 heavy (non-hydrogen) atoms. The van der Waals surface area contributed by atoms with Crippen LogP contribution in [0.5, 0.6) is 5.75 Å². The highest BCUT2D eigenvalue weighted by Gasteiger charge is 2.31. The summed E-state index contributed by atoms with van der Waals surface area (Å²) in [5, 5.41) is 10.4. The Morgan fingerprint density at radius 1 is 1.56 bits per heavy atom. The Hall–Kier alpha value is -1.56. The summed E-state index contributed by atoms with van der Waals surface area (Å²) in [4.78, 5) is 24.6. The molecule has 1 fully saturated rings. The Bertz CT molecular complexity index is 453. The predicted molar refractivity (Wildman–Crippen MR) is 67.2 cm³/mol. The molecule has 1 N–H and O–H groups in total. The van der Waals surface area contributed by atoms with Crippen LogP contribution in [-0.2, 0) is 4.79 Å². The first-order valence-corrected chi connectivity index (χ1v) is 6.74. The van der Waals surface area contributed by atoms with E-state index in [1.54, 1.807) is 5.38 Å². The first-order chi connectivity index (χ1) is 8.61. The molecule has 6 heteroatoms. The molecule has 1 aromatic heterocycles. The highest BCUT2D eigenvalue weighted by molar-refractivity contribution is 7.12. The van der Waals surface area contributed by atoms with E-state index < -0.39 is 5.97 Å². The second-order valence-corrected chi connectivity index (χ2v) is 5.06. The van der Waals surface area contributed by atoms with Gasteiger partial charge in [-0.2, -0.15) is 0 Å². The van der Waals surface area contributed by atoms with Crippen molar-refractivity contribution in [3.8, 4) is 5.75 Å². The Kier molecular flexibility index (Phi) is 3.86. The molecule has 2 rings (SSSR count). The Labute approximate surface area is 109 Å². The zero-order chi connectivity index (χ0) is 13.1. The SMILES string of the molecule is CCN(C(=O)COc1csc(C(=O)O)c1)C1CC1. The maximum Gasteiger partial charge on any atom is 0.346 e. The number of carboxylic acids is 1. The van der Waals surface area contributed by atoms with Gasteiger partial charge in [-0.25, -0.2) is 4.79 Å². The summed E-state index contributed by atoms with van der Waals surface area (Å²) in [7, 11) is 0. The lowest BCUT2D eigenvalue weighted by atomic mass is 10.4. The van der Waals surface area contributed by atoms with Crippen LogP contribution in [-0.4, -0.2) is 41.1 Å². The van der Waals surface area contributed by atoms with Crippen molar-refractivity contribution in [3.05, 3.63) is 16.3 Å². The van der Waals surface area contributed by atoms with Crippen molar-refractivity contribution in [2.45, 2.75) is 25.8 Å². The lowest BCUT2D eigenvalue weighted by Gasteiger charge is -2.20. The summed E-state index contributed by atoms with van der Waals surface area (Å²) in [5.41, 5.74) is 0. The van der Waals surface area contributed by atoms with E-state index in [1.807, 2.05) is 11.8 Å². The summed E-state index contributed by atoms with van der Waals surface area (Å²) in [6.07, 6.45) is 2.14. The van der Waals surface area contributed by atoms with Crippen molar-refractivity contribution in [1.82, 2.24) is 4.90 Å². The number of hydrogen-bond donors (Lipinski definition) is 1. The lowest BCUT2D eigenvalue weighted by molar-refractivity contribution is -0.133. The van der Waals surface area contributed by atoms with E-state index >= 15 is 0 Å². The normalized spacial score (nSPS) is 14.3. The average molecular weight is 269 g/mol. The smallest absolute Gasteiger partial charge is 0.346 e. The highest BCUT2D eigenvalue weighted by atomic mass is 32.1. The summed E-state index contributed by atoms with van der Waals surface area (Å²) in [6, 6.07) is 1.82. The first kappa shape index (κ1) is 12.9. The monoisotopic (exact) mass is 269 g/mol. The highest BCUT2D eigenvalue weighted by Crippen LogP contribution is 2.27. The summed E-state index contributed by atoms with van der Waals surface area (Å²) in [6.45, 7) is 2.61.